The standard InChI is InChI=1S/C23H31ClN4O3/c1-15(2)14-28(17-9-11-31-12-10-17)18-6-7-19(23(3,4)22(29)30)26-21(18)27-20-8-5-16(24)13-25-20/h5-8,13,15,17H,9-12,14H2,1-4H3,(H,29,30)(H,25,26,27). The first-order valence-electron chi connectivity index (χ1n) is 10.7. The maximum Gasteiger partial charge on any atom is 0.315 e. The number of carboxylic acid groups (broad SMARTS) is 1. The summed E-state index contributed by atoms with van der Waals surface area (Å²) in [6.45, 7) is 10.0. The van der Waals surface area contributed by atoms with Gasteiger partial charge < -0.3 is 20.1 Å². The fraction of sp³-hybridized carbons (Fsp3) is 0.522. The molecule has 1 saturated heterocycles. The van der Waals surface area contributed by atoms with Crippen LogP contribution in [0.4, 0.5) is 17.3 Å². The Bertz CT molecular complexity index is 896. The van der Waals surface area contributed by atoms with E-state index >= 15 is 0 Å². The molecule has 2 aromatic heterocycles. The summed E-state index contributed by atoms with van der Waals surface area (Å²) in [6.07, 6.45) is 3.44. The van der Waals surface area contributed by atoms with Crippen molar-refractivity contribution in [2.75, 3.05) is 30.0 Å². The predicted molar refractivity (Wildman–Crippen MR) is 123 cm³/mol. The molecule has 0 unspecified atom stereocenters. The number of carbonyl (C=O) groups is 1. The van der Waals surface area contributed by atoms with E-state index in [-0.39, 0.29) is 0 Å². The molecular formula is C23H31ClN4O3. The smallest absolute Gasteiger partial charge is 0.315 e. The second kappa shape index (κ2) is 9.83. The van der Waals surface area contributed by atoms with Gasteiger partial charge in [0.1, 0.15) is 11.2 Å². The second-order valence-corrected chi connectivity index (χ2v) is 9.31. The largest absolute Gasteiger partial charge is 0.481 e. The number of nitrogens with zero attached hydrogens (tertiary/aromatic N) is 3. The van der Waals surface area contributed by atoms with Crippen molar-refractivity contribution in [1.29, 1.82) is 0 Å². The third-order valence-electron chi connectivity index (χ3n) is 5.53. The van der Waals surface area contributed by atoms with Crippen LogP contribution in [0.1, 0.15) is 46.2 Å². The molecule has 3 heterocycles. The number of hydrogen-bond donors (Lipinski definition) is 2. The van der Waals surface area contributed by atoms with Gasteiger partial charge in [0.25, 0.3) is 0 Å². The maximum absolute atomic E-state index is 11.8. The fourth-order valence-corrected chi connectivity index (χ4v) is 3.75. The first-order chi connectivity index (χ1) is 14.7. The predicted octanol–water partition coefficient (Wildman–Crippen LogP) is 4.88. The summed E-state index contributed by atoms with van der Waals surface area (Å²) in [4.78, 5) is 23.3. The zero-order chi connectivity index (χ0) is 22.6. The molecule has 7 nitrogen and oxygen atoms in total. The number of anilines is 3. The number of nitrogens with one attached hydrogen (secondary N) is 1. The highest BCUT2D eigenvalue weighted by Gasteiger charge is 2.33. The third-order valence-corrected chi connectivity index (χ3v) is 5.75. The number of aliphatic carboxylic acids is 1. The summed E-state index contributed by atoms with van der Waals surface area (Å²) in [6, 6.07) is 7.66. The molecule has 168 valence electrons. The van der Waals surface area contributed by atoms with Crippen LogP contribution in [0, 0.1) is 5.92 Å². The van der Waals surface area contributed by atoms with Crippen LogP contribution in [0.25, 0.3) is 0 Å². The lowest BCUT2D eigenvalue weighted by Gasteiger charge is -2.38. The van der Waals surface area contributed by atoms with E-state index in [1.807, 2.05) is 12.1 Å². The summed E-state index contributed by atoms with van der Waals surface area (Å²) in [5.74, 6) is 0.708. The Balaban J connectivity index is 2.07. The number of halogens is 1. The Hall–Kier alpha value is -2.38. The molecule has 2 aromatic rings. The number of rotatable bonds is 8. The Morgan fingerprint density at radius 1 is 1.29 bits per heavy atom. The Morgan fingerprint density at radius 3 is 2.58 bits per heavy atom. The summed E-state index contributed by atoms with van der Waals surface area (Å²) < 4.78 is 5.57. The number of aromatic nitrogens is 2. The van der Waals surface area contributed by atoms with Crippen LogP contribution in [0.15, 0.2) is 30.5 Å². The highest BCUT2D eigenvalue weighted by molar-refractivity contribution is 6.30. The summed E-state index contributed by atoms with van der Waals surface area (Å²) >= 11 is 5.98. The molecule has 0 amide bonds. The normalized spacial score (nSPS) is 15.2. The van der Waals surface area contributed by atoms with Crippen molar-refractivity contribution in [3.63, 3.8) is 0 Å². The molecule has 0 radical (unpaired) electrons. The lowest BCUT2D eigenvalue weighted by atomic mass is 9.89. The van der Waals surface area contributed by atoms with Crippen LogP contribution in [0.5, 0.6) is 0 Å². The van der Waals surface area contributed by atoms with Gasteiger partial charge in [0.05, 0.1) is 16.4 Å². The van der Waals surface area contributed by atoms with Gasteiger partial charge in [-0.3, -0.25) is 4.79 Å². The van der Waals surface area contributed by atoms with Crippen molar-refractivity contribution in [2.24, 2.45) is 5.92 Å². The van der Waals surface area contributed by atoms with E-state index in [1.54, 1.807) is 32.2 Å². The molecule has 1 aliphatic heterocycles. The van der Waals surface area contributed by atoms with Crippen LogP contribution in [0.2, 0.25) is 5.02 Å². The van der Waals surface area contributed by atoms with Gasteiger partial charge in [-0.25, -0.2) is 9.97 Å². The van der Waals surface area contributed by atoms with Gasteiger partial charge in [0, 0.05) is 32.0 Å². The molecule has 0 spiro atoms. The summed E-state index contributed by atoms with van der Waals surface area (Å²) in [5, 5.41) is 13.5. The summed E-state index contributed by atoms with van der Waals surface area (Å²) in [7, 11) is 0. The molecule has 1 fully saturated rings. The minimum atomic E-state index is -1.12. The van der Waals surface area contributed by atoms with Gasteiger partial charge in [-0.15, -0.1) is 0 Å². The first-order valence-corrected chi connectivity index (χ1v) is 11.0. The van der Waals surface area contributed by atoms with E-state index in [4.69, 9.17) is 21.3 Å². The van der Waals surface area contributed by atoms with Gasteiger partial charge in [-0.2, -0.15) is 0 Å². The van der Waals surface area contributed by atoms with E-state index in [0.717, 1.165) is 38.3 Å². The Kier molecular flexibility index (Phi) is 7.38. The van der Waals surface area contributed by atoms with E-state index in [2.05, 4.69) is 29.0 Å². The van der Waals surface area contributed by atoms with Crippen molar-refractivity contribution >= 4 is 34.9 Å². The Morgan fingerprint density at radius 2 is 2.00 bits per heavy atom. The zero-order valence-electron chi connectivity index (χ0n) is 18.6. The molecule has 0 aliphatic carbocycles. The van der Waals surface area contributed by atoms with Crippen molar-refractivity contribution in [3.8, 4) is 0 Å². The topological polar surface area (TPSA) is 87.6 Å². The molecule has 0 aromatic carbocycles. The maximum atomic E-state index is 11.8. The number of ether oxygens (including phenoxy) is 1. The fourth-order valence-electron chi connectivity index (χ4n) is 3.64. The van der Waals surface area contributed by atoms with E-state index < -0.39 is 11.4 Å². The highest BCUT2D eigenvalue weighted by Crippen LogP contribution is 2.34. The minimum absolute atomic E-state index is 0.329. The van der Waals surface area contributed by atoms with E-state index in [9.17, 15) is 9.90 Å². The zero-order valence-corrected chi connectivity index (χ0v) is 19.3. The second-order valence-electron chi connectivity index (χ2n) is 8.87. The number of pyridine rings is 2. The van der Waals surface area contributed by atoms with E-state index in [1.165, 1.54) is 0 Å². The molecule has 3 rings (SSSR count). The monoisotopic (exact) mass is 446 g/mol. The van der Waals surface area contributed by atoms with Gasteiger partial charge in [-0.1, -0.05) is 25.4 Å². The molecular weight excluding hydrogens is 416 g/mol. The third kappa shape index (κ3) is 5.66. The van der Waals surface area contributed by atoms with Crippen LogP contribution in [-0.2, 0) is 14.9 Å². The van der Waals surface area contributed by atoms with Crippen LogP contribution in [0.3, 0.4) is 0 Å². The van der Waals surface area contributed by atoms with Crippen molar-refractivity contribution < 1.29 is 14.6 Å². The highest BCUT2D eigenvalue weighted by atomic mass is 35.5. The lowest BCUT2D eigenvalue weighted by molar-refractivity contribution is -0.142. The lowest BCUT2D eigenvalue weighted by Crippen LogP contribution is -2.42. The minimum Gasteiger partial charge on any atom is -0.481 e. The van der Waals surface area contributed by atoms with Gasteiger partial charge >= 0.3 is 5.97 Å². The molecule has 31 heavy (non-hydrogen) atoms. The quantitative estimate of drug-likeness (QED) is 0.597. The summed E-state index contributed by atoms with van der Waals surface area (Å²) in [5.41, 5.74) is 0.295. The molecule has 1 aliphatic rings. The average Bonchev–Trinajstić information content (AvgIpc) is 2.74. The SMILES string of the molecule is CC(C)CN(c1ccc(C(C)(C)C(=O)O)nc1Nc1ccc(Cl)cn1)C1CCOCC1. The van der Waals surface area contributed by atoms with Crippen LogP contribution >= 0.6 is 11.6 Å². The molecule has 0 saturated carbocycles. The molecule has 2 N–H and O–H groups in total. The first kappa shape index (κ1) is 23.3. The molecule has 0 atom stereocenters. The average molecular weight is 447 g/mol. The van der Waals surface area contributed by atoms with Crippen molar-refractivity contribution in [1.82, 2.24) is 9.97 Å². The van der Waals surface area contributed by atoms with Crippen LogP contribution in [-0.4, -0.2) is 46.8 Å². The van der Waals surface area contributed by atoms with Gasteiger partial charge in [0.2, 0.25) is 0 Å². The van der Waals surface area contributed by atoms with Gasteiger partial charge in [-0.05, 0) is 56.9 Å². The number of hydrogen-bond acceptors (Lipinski definition) is 6. The van der Waals surface area contributed by atoms with E-state index in [0.29, 0.717) is 34.3 Å². The van der Waals surface area contributed by atoms with Gasteiger partial charge in [0.15, 0.2) is 5.82 Å². The number of carboxylic acids is 1. The van der Waals surface area contributed by atoms with Crippen LogP contribution < -0.4 is 10.2 Å². The van der Waals surface area contributed by atoms with Crippen molar-refractivity contribution in [3.05, 3.63) is 41.2 Å². The molecule has 8 heteroatoms. The van der Waals surface area contributed by atoms with Crippen molar-refractivity contribution in [2.45, 2.75) is 52.0 Å². The Labute approximate surface area is 188 Å². The molecule has 0 bridgehead atoms.